The molecule has 1 saturated carbocycles. The van der Waals surface area contributed by atoms with Crippen molar-refractivity contribution in [1.29, 1.82) is 0 Å². The van der Waals surface area contributed by atoms with Gasteiger partial charge < -0.3 is 18.6 Å². The molecule has 2 aromatic rings. The van der Waals surface area contributed by atoms with Crippen LogP contribution < -0.4 is 10.9 Å². The van der Waals surface area contributed by atoms with Gasteiger partial charge in [0, 0.05) is 0 Å². The first kappa shape index (κ1) is 15.6. The highest BCUT2D eigenvalue weighted by Crippen LogP contribution is 2.36. The van der Waals surface area contributed by atoms with Gasteiger partial charge in [-0.05, 0) is 30.2 Å². The zero-order valence-electron chi connectivity index (χ0n) is 14.0. The quantitative estimate of drug-likeness (QED) is 0.781. The van der Waals surface area contributed by atoms with E-state index >= 15 is 0 Å². The Morgan fingerprint density at radius 3 is 1.48 bits per heavy atom. The monoisotopic (exact) mass is 334 g/mol. The highest BCUT2D eigenvalue weighted by atomic mass is 16.7. The van der Waals surface area contributed by atoms with Crippen LogP contribution in [0.3, 0.4) is 0 Å². The molecule has 2 aromatic carbocycles. The van der Waals surface area contributed by atoms with Crippen molar-refractivity contribution in [3.05, 3.63) is 60.7 Å². The lowest BCUT2D eigenvalue weighted by molar-refractivity contribution is 0.0278. The molecule has 3 aliphatic rings. The minimum atomic E-state index is -0.311. The fourth-order valence-corrected chi connectivity index (χ4v) is 4.09. The third-order valence-electron chi connectivity index (χ3n) is 5.34. The molecule has 4 atom stereocenters. The first-order valence-corrected chi connectivity index (χ1v) is 9.10. The Labute approximate surface area is 148 Å². The molecule has 2 saturated heterocycles. The van der Waals surface area contributed by atoms with Crippen LogP contribution in [-0.2, 0) is 18.6 Å². The second-order valence-electron chi connectivity index (χ2n) is 6.97. The van der Waals surface area contributed by atoms with Crippen molar-refractivity contribution in [2.75, 3.05) is 0 Å². The van der Waals surface area contributed by atoms with Crippen molar-refractivity contribution in [1.82, 2.24) is 0 Å². The van der Waals surface area contributed by atoms with E-state index in [1.54, 1.807) is 0 Å². The van der Waals surface area contributed by atoms with E-state index in [0.717, 1.165) is 30.2 Å². The van der Waals surface area contributed by atoms with Gasteiger partial charge in [-0.25, -0.2) is 0 Å². The normalized spacial score (nSPS) is 31.5. The van der Waals surface area contributed by atoms with Gasteiger partial charge >= 0.3 is 14.2 Å². The van der Waals surface area contributed by atoms with Crippen molar-refractivity contribution in [2.45, 2.75) is 43.7 Å². The molecule has 6 heteroatoms. The Morgan fingerprint density at radius 2 is 1.04 bits per heavy atom. The molecule has 0 bridgehead atoms. The topological polar surface area (TPSA) is 36.9 Å². The summed E-state index contributed by atoms with van der Waals surface area (Å²) in [5.74, 6) is 0. The van der Waals surface area contributed by atoms with Crippen LogP contribution >= 0.6 is 0 Å². The second kappa shape index (κ2) is 6.61. The predicted octanol–water partition coefficient (Wildman–Crippen LogP) is 1.53. The summed E-state index contributed by atoms with van der Waals surface area (Å²) in [6, 6.07) is 20.3. The lowest BCUT2D eigenvalue weighted by Crippen LogP contribution is -2.41. The molecule has 3 fully saturated rings. The highest BCUT2D eigenvalue weighted by Gasteiger charge is 2.53. The van der Waals surface area contributed by atoms with Crippen LogP contribution in [0.4, 0.5) is 0 Å². The molecule has 0 amide bonds. The zero-order valence-corrected chi connectivity index (χ0v) is 14.0. The van der Waals surface area contributed by atoms with Crippen molar-refractivity contribution in [3.8, 4) is 0 Å². The van der Waals surface area contributed by atoms with E-state index in [2.05, 4.69) is 0 Å². The molecule has 0 spiro atoms. The van der Waals surface area contributed by atoms with Gasteiger partial charge in [-0.3, -0.25) is 0 Å². The SMILES string of the molecule is c1ccc(B2O[C@H]3[C@@H]4OB(c5ccccc5)O[C@@H]4CCC[C@H]3O2)cc1. The minimum Gasteiger partial charge on any atom is -0.402 e. The first-order chi connectivity index (χ1) is 12.4. The molecule has 0 unspecified atom stereocenters. The van der Waals surface area contributed by atoms with Gasteiger partial charge in [-0.15, -0.1) is 0 Å². The first-order valence-electron chi connectivity index (χ1n) is 9.10. The van der Waals surface area contributed by atoms with Gasteiger partial charge in [0.1, 0.15) is 0 Å². The Kier molecular flexibility index (Phi) is 4.14. The molecule has 2 heterocycles. The second-order valence-corrected chi connectivity index (χ2v) is 6.97. The van der Waals surface area contributed by atoms with E-state index in [4.69, 9.17) is 18.6 Å². The summed E-state index contributed by atoms with van der Waals surface area (Å²) in [6.07, 6.45) is 3.03. The van der Waals surface area contributed by atoms with E-state index in [-0.39, 0.29) is 38.7 Å². The van der Waals surface area contributed by atoms with E-state index in [9.17, 15) is 0 Å². The maximum absolute atomic E-state index is 6.30. The highest BCUT2D eigenvalue weighted by molar-refractivity contribution is 6.62. The largest absolute Gasteiger partial charge is 0.494 e. The van der Waals surface area contributed by atoms with Crippen LogP contribution in [0.5, 0.6) is 0 Å². The molecular weight excluding hydrogens is 314 g/mol. The minimum absolute atomic E-state index is 0.0679. The summed E-state index contributed by atoms with van der Waals surface area (Å²) in [6.45, 7) is 0. The third-order valence-corrected chi connectivity index (χ3v) is 5.34. The Morgan fingerprint density at radius 1 is 0.600 bits per heavy atom. The molecule has 25 heavy (non-hydrogen) atoms. The number of fused-ring (bicyclic) bond motifs is 3. The molecular formula is C19H20B2O4. The van der Waals surface area contributed by atoms with E-state index in [1.807, 2.05) is 60.7 Å². The van der Waals surface area contributed by atoms with Crippen LogP contribution in [0.1, 0.15) is 19.3 Å². The van der Waals surface area contributed by atoms with Crippen LogP contribution in [-0.4, -0.2) is 38.7 Å². The summed E-state index contributed by atoms with van der Waals surface area (Å²) in [7, 11) is -0.622. The average Bonchev–Trinajstić information content (AvgIpc) is 3.25. The summed E-state index contributed by atoms with van der Waals surface area (Å²) in [4.78, 5) is 0. The van der Waals surface area contributed by atoms with Gasteiger partial charge in [0.25, 0.3) is 0 Å². The Bertz CT molecular complexity index is 652. The Balaban J connectivity index is 1.37. The van der Waals surface area contributed by atoms with Crippen molar-refractivity contribution >= 4 is 25.2 Å². The summed E-state index contributed by atoms with van der Waals surface area (Å²) >= 11 is 0. The lowest BCUT2D eigenvalue weighted by atomic mass is 9.79. The molecule has 2 aliphatic heterocycles. The van der Waals surface area contributed by atoms with E-state index in [1.165, 1.54) is 0 Å². The molecule has 0 N–H and O–H groups in total. The molecule has 0 aromatic heterocycles. The Hall–Kier alpha value is -1.59. The van der Waals surface area contributed by atoms with Gasteiger partial charge in [0.15, 0.2) is 0 Å². The lowest BCUT2D eigenvalue weighted by Gasteiger charge is -2.23. The standard InChI is InChI=1S/C19H20B2O4/c1-3-8-14(9-4-1)20-22-16-12-7-13-17-19(18(16)24-20)25-21(23-17)15-10-5-2-6-11-15/h1-6,8-11,16-19H,7,12-13H2/t16-,17-,18-,19-/m1/s1. The number of rotatable bonds is 2. The van der Waals surface area contributed by atoms with Crippen molar-refractivity contribution in [3.63, 3.8) is 0 Å². The third kappa shape index (κ3) is 2.93. The van der Waals surface area contributed by atoms with Crippen LogP contribution in [0.2, 0.25) is 0 Å². The smallest absolute Gasteiger partial charge is 0.402 e. The maximum Gasteiger partial charge on any atom is 0.494 e. The van der Waals surface area contributed by atoms with Crippen LogP contribution in [0.25, 0.3) is 0 Å². The fraction of sp³-hybridized carbons (Fsp3) is 0.368. The summed E-state index contributed by atoms with van der Waals surface area (Å²) < 4.78 is 25.1. The van der Waals surface area contributed by atoms with Gasteiger partial charge in [-0.1, -0.05) is 60.7 Å². The molecule has 4 nitrogen and oxygen atoms in total. The molecule has 126 valence electrons. The van der Waals surface area contributed by atoms with Gasteiger partial charge in [-0.2, -0.15) is 0 Å². The van der Waals surface area contributed by atoms with Crippen LogP contribution in [0, 0.1) is 0 Å². The number of hydrogen-bond donors (Lipinski definition) is 0. The maximum atomic E-state index is 6.30. The molecule has 1 aliphatic carbocycles. The fourth-order valence-electron chi connectivity index (χ4n) is 4.09. The van der Waals surface area contributed by atoms with Gasteiger partial charge in [0.2, 0.25) is 0 Å². The molecule has 5 rings (SSSR count). The number of hydrogen-bond acceptors (Lipinski definition) is 4. The summed E-state index contributed by atoms with van der Waals surface area (Å²) in [5, 5.41) is 0. The van der Waals surface area contributed by atoms with Crippen molar-refractivity contribution < 1.29 is 18.6 Å². The van der Waals surface area contributed by atoms with Gasteiger partial charge in [0.05, 0.1) is 24.4 Å². The van der Waals surface area contributed by atoms with E-state index < -0.39 is 0 Å². The molecule has 0 radical (unpaired) electrons. The summed E-state index contributed by atoms with van der Waals surface area (Å²) in [5.41, 5.74) is 2.12. The van der Waals surface area contributed by atoms with Crippen LogP contribution in [0.15, 0.2) is 60.7 Å². The number of benzene rings is 2. The average molecular weight is 334 g/mol. The zero-order chi connectivity index (χ0) is 16.6. The van der Waals surface area contributed by atoms with Crippen molar-refractivity contribution in [2.24, 2.45) is 0 Å². The predicted molar refractivity (Wildman–Crippen MR) is 97.0 cm³/mol. The van der Waals surface area contributed by atoms with E-state index in [0.29, 0.717) is 0 Å².